The van der Waals surface area contributed by atoms with Crippen molar-refractivity contribution in [3.05, 3.63) is 71.4 Å². The average Bonchev–Trinajstić information content (AvgIpc) is 3.65. The molecule has 14 heteroatoms. The van der Waals surface area contributed by atoms with Crippen LogP contribution in [-0.4, -0.2) is 92.8 Å². The van der Waals surface area contributed by atoms with Crippen molar-refractivity contribution in [2.75, 3.05) is 55.8 Å². The van der Waals surface area contributed by atoms with Crippen molar-refractivity contribution in [2.24, 2.45) is 5.92 Å². The minimum atomic E-state index is -0.384. The fourth-order valence-electron chi connectivity index (χ4n) is 7.04. The van der Waals surface area contributed by atoms with Crippen LogP contribution in [0.3, 0.4) is 0 Å². The van der Waals surface area contributed by atoms with E-state index >= 15 is 0 Å². The fourth-order valence-corrected chi connectivity index (χ4v) is 7.04. The molecule has 0 bridgehead atoms. The summed E-state index contributed by atoms with van der Waals surface area (Å²) in [6.07, 6.45) is 5.80. The SMILES string of the molecule is CNC(=O)c1nnc(NC(=O)C2CC2)cc1Nc1cccc2c1N(C)Cc1c-2cnn1C1CN(Cc2cccc(C(=O)N3CCCC3)n2)C1. The summed E-state index contributed by atoms with van der Waals surface area (Å²) in [5.41, 5.74) is 7.03. The first-order chi connectivity index (χ1) is 23.9. The molecule has 1 saturated carbocycles. The molecule has 3 aliphatic heterocycles. The molecular formula is C35H39N11O3. The second-order valence-corrected chi connectivity index (χ2v) is 13.3. The zero-order valence-corrected chi connectivity index (χ0v) is 27.6. The molecule has 252 valence electrons. The topological polar surface area (TPSA) is 154 Å². The molecule has 49 heavy (non-hydrogen) atoms. The van der Waals surface area contributed by atoms with Gasteiger partial charge in [-0.1, -0.05) is 18.2 Å². The number of hydrogen-bond acceptors (Lipinski definition) is 10. The summed E-state index contributed by atoms with van der Waals surface area (Å²) in [5.74, 6) is -0.139. The van der Waals surface area contributed by atoms with Gasteiger partial charge < -0.3 is 25.8 Å². The van der Waals surface area contributed by atoms with E-state index in [0.717, 1.165) is 85.8 Å². The number of para-hydroxylation sites is 1. The van der Waals surface area contributed by atoms with E-state index in [1.807, 2.05) is 48.5 Å². The Bertz CT molecular complexity index is 1940. The molecule has 3 fully saturated rings. The predicted molar refractivity (Wildman–Crippen MR) is 184 cm³/mol. The van der Waals surface area contributed by atoms with E-state index in [9.17, 15) is 14.4 Å². The average molecular weight is 662 g/mol. The fraction of sp³-hybridized carbons (Fsp3) is 0.400. The highest BCUT2D eigenvalue weighted by molar-refractivity contribution is 6.01. The molecule has 1 aliphatic carbocycles. The summed E-state index contributed by atoms with van der Waals surface area (Å²) < 4.78 is 2.15. The number of carbonyl (C=O) groups is 3. The largest absolute Gasteiger partial charge is 0.366 e. The van der Waals surface area contributed by atoms with Gasteiger partial charge in [0.05, 0.1) is 47.2 Å². The summed E-state index contributed by atoms with van der Waals surface area (Å²) in [7, 11) is 3.59. The minimum absolute atomic E-state index is 0.00950. The van der Waals surface area contributed by atoms with Crippen LogP contribution in [0.1, 0.15) is 64.1 Å². The van der Waals surface area contributed by atoms with E-state index in [4.69, 9.17) is 10.1 Å². The van der Waals surface area contributed by atoms with Gasteiger partial charge >= 0.3 is 0 Å². The Kier molecular flexibility index (Phi) is 7.94. The van der Waals surface area contributed by atoms with Gasteiger partial charge in [-0.15, -0.1) is 10.2 Å². The van der Waals surface area contributed by atoms with Crippen LogP contribution in [0.4, 0.5) is 22.9 Å². The quantitative estimate of drug-likeness (QED) is 0.243. The van der Waals surface area contributed by atoms with Crippen LogP contribution in [0.5, 0.6) is 0 Å². The van der Waals surface area contributed by atoms with Crippen molar-refractivity contribution in [1.29, 1.82) is 0 Å². The number of pyridine rings is 1. The molecule has 0 atom stereocenters. The van der Waals surface area contributed by atoms with Crippen LogP contribution >= 0.6 is 0 Å². The maximum atomic E-state index is 12.9. The number of amides is 3. The zero-order valence-electron chi connectivity index (χ0n) is 27.6. The number of fused-ring (bicyclic) bond motifs is 3. The van der Waals surface area contributed by atoms with E-state index in [1.54, 1.807) is 13.1 Å². The smallest absolute Gasteiger partial charge is 0.273 e. The van der Waals surface area contributed by atoms with E-state index in [0.29, 0.717) is 30.3 Å². The number of anilines is 4. The Hall–Kier alpha value is -5.37. The highest BCUT2D eigenvalue weighted by Gasteiger charge is 2.35. The van der Waals surface area contributed by atoms with Gasteiger partial charge in [-0.2, -0.15) is 5.10 Å². The lowest BCUT2D eigenvalue weighted by molar-refractivity contribution is -0.117. The van der Waals surface area contributed by atoms with Gasteiger partial charge in [0.2, 0.25) is 5.91 Å². The molecular weight excluding hydrogens is 622 g/mol. The van der Waals surface area contributed by atoms with Gasteiger partial charge in [0.25, 0.3) is 11.8 Å². The molecule has 4 aromatic rings. The Morgan fingerprint density at radius 2 is 1.76 bits per heavy atom. The number of benzene rings is 1. The number of hydrogen-bond donors (Lipinski definition) is 3. The lowest BCUT2D eigenvalue weighted by Crippen LogP contribution is -2.48. The molecule has 14 nitrogen and oxygen atoms in total. The van der Waals surface area contributed by atoms with Crippen LogP contribution in [0, 0.1) is 5.92 Å². The highest BCUT2D eigenvalue weighted by atomic mass is 16.2. The minimum Gasteiger partial charge on any atom is -0.366 e. The second kappa shape index (κ2) is 12.6. The number of rotatable bonds is 9. The second-order valence-electron chi connectivity index (χ2n) is 13.3. The molecule has 3 amide bonds. The van der Waals surface area contributed by atoms with Crippen molar-refractivity contribution in [2.45, 2.75) is 44.8 Å². The summed E-state index contributed by atoms with van der Waals surface area (Å²) >= 11 is 0. The Morgan fingerprint density at radius 1 is 0.959 bits per heavy atom. The third kappa shape index (κ3) is 5.96. The maximum absolute atomic E-state index is 12.9. The number of nitrogens with one attached hydrogen (secondary N) is 3. The van der Waals surface area contributed by atoms with Crippen LogP contribution in [0.15, 0.2) is 48.7 Å². The summed E-state index contributed by atoms with van der Waals surface area (Å²) in [4.78, 5) is 49.1. The molecule has 3 N–H and O–H groups in total. The molecule has 6 heterocycles. The van der Waals surface area contributed by atoms with Crippen LogP contribution in [0.25, 0.3) is 11.1 Å². The van der Waals surface area contributed by atoms with Crippen molar-refractivity contribution >= 4 is 40.6 Å². The molecule has 3 aromatic heterocycles. The summed E-state index contributed by atoms with van der Waals surface area (Å²) in [5, 5.41) is 22.0. The van der Waals surface area contributed by atoms with Gasteiger partial charge in [0.15, 0.2) is 11.5 Å². The lowest BCUT2D eigenvalue weighted by Gasteiger charge is -2.40. The predicted octanol–water partition coefficient (Wildman–Crippen LogP) is 3.43. The van der Waals surface area contributed by atoms with Crippen molar-refractivity contribution in [3.63, 3.8) is 0 Å². The first-order valence-corrected chi connectivity index (χ1v) is 16.9. The van der Waals surface area contributed by atoms with E-state index in [2.05, 4.69) is 46.7 Å². The summed E-state index contributed by atoms with van der Waals surface area (Å²) in [6, 6.07) is 13.7. The molecule has 0 spiro atoms. The first kappa shape index (κ1) is 30.9. The highest BCUT2D eigenvalue weighted by Crippen LogP contribution is 2.45. The van der Waals surface area contributed by atoms with Gasteiger partial charge in [-0.25, -0.2) is 4.98 Å². The van der Waals surface area contributed by atoms with E-state index in [-0.39, 0.29) is 35.4 Å². The zero-order chi connectivity index (χ0) is 33.6. The van der Waals surface area contributed by atoms with E-state index < -0.39 is 0 Å². The molecule has 8 rings (SSSR count). The van der Waals surface area contributed by atoms with Crippen LogP contribution in [0.2, 0.25) is 0 Å². The van der Waals surface area contributed by atoms with Gasteiger partial charge in [-0.3, -0.25) is 24.0 Å². The monoisotopic (exact) mass is 661 g/mol. The molecule has 0 radical (unpaired) electrons. The standard InChI is InChI=1S/C35H39N11O3/c1-36-34(48)31-28(15-30(41-42-31)40-33(47)21-11-12-21)39-26-9-6-8-24-25-16-37-46(29(25)20-43(2)32(24)26)23-18-44(19-23)17-22-7-5-10-27(38-22)35(49)45-13-3-4-14-45/h5-10,15-16,21,23H,3-4,11-14,17-20H2,1-2H3,(H,36,48)(H2,39,40,41,47). The number of likely N-dealkylation sites (tertiary alicyclic amines) is 2. The number of carbonyl (C=O) groups excluding carboxylic acids is 3. The van der Waals surface area contributed by atoms with Gasteiger partial charge in [0, 0.05) is 69.9 Å². The molecule has 4 aliphatic rings. The number of nitrogens with zero attached hydrogens (tertiary/aromatic N) is 8. The summed E-state index contributed by atoms with van der Waals surface area (Å²) in [6.45, 7) is 4.65. The Balaban J connectivity index is 0.992. The molecule has 2 saturated heterocycles. The third-order valence-electron chi connectivity index (χ3n) is 9.79. The molecule has 1 aromatic carbocycles. The third-order valence-corrected chi connectivity index (χ3v) is 9.79. The first-order valence-electron chi connectivity index (χ1n) is 16.9. The Labute approximate surface area is 283 Å². The maximum Gasteiger partial charge on any atom is 0.273 e. The van der Waals surface area contributed by atoms with Crippen molar-refractivity contribution in [1.82, 2.24) is 40.1 Å². The molecule has 0 unspecified atom stereocenters. The van der Waals surface area contributed by atoms with Crippen molar-refractivity contribution in [3.8, 4) is 11.1 Å². The normalized spacial score (nSPS) is 17.3. The van der Waals surface area contributed by atoms with Crippen LogP contribution in [-0.2, 0) is 17.9 Å². The van der Waals surface area contributed by atoms with Crippen LogP contribution < -0.4 is 20.9 Å². The van der Waals surface area contributed by atoms with Gasteiger partial charge in [-0.05, 0) is 43.9 Å². The Morgan fingerprint density at radius 3 is 2.53 bits per heavy atom. The van der Waals surface area contributed by atoms with E-state index in [1.165, 1.54) is 0 Å². The lowest BCUT2D eigenvalue weighted by atomic mass is 9.97. The van der Waals surface area contributed by atoms with Crippen molar-refractivity contribution < 1.29 is 14.4 Å². The van der Waals surface area contributed by atoms with Gasteiger partial charge in [0.1, 0.15) is 5.69 Å². The number of aromatic nitrogens is 5.